The van der Waals surface area contributed by atoms with Gasteiger partial charge in [-0.1, -0.05) is 0 Å². The molecule has 0 radical (unpaired) electrons. The first-order valence-corrected chi connectivity index (χ1v) is 7.18. The molecular weight excluding hydrogens is 256 g/mol. The molecule has 0 bridgehead atoms. The predicted molar refractivity (Wildman–Crippen MR) is 76.6 cm³/mol. The minimum absolute atomic E-state index is 0.0789. The van der Waals surface area contributed by atoms with Gasteiger partial charge in [0.1, 0.15) is 0 Å². The number of aryl methyl sites for hydroxylation is 1. The van der Waals surface area contributed by atoms with Crippen LogP contribution in [-0.2, 0) is 11.3 Å². The third-order valence-corrected chi connectivity index (χ3v) is 4.19. The molecule has 1 fully saturated rings. The number of rotatable bonds is 7. The van der Waals surface area contributed by atoms with Gasteiger partial charge in [-0.25, -0.2) is 0 Å². The van der Waals surface area contributed by atoms with Crippen molar-refractivity contribution in [3.8, 4) is 0 Å². The van der Waals surface area contributed by atoms with E-state index in [0.29, 0.717) is 18.7 Å². The number of ether oxygens (including phenoxy) is 1. The molecule has 1 heterocycles. The Hall–Kier alpha value is -1.40. The summed E-state index contributed by atoms with van der Waals surface area (Å²) in [7, 11) is 1.71. The molecule has 1 aromatic rings. The van der Waals surface area contributed by atoms with Crippen molar-refractivity contribution in [1.82, 2.24) is 15.1 Å². The first kappa shape index (κ1) is 15.0. The lowest BCUT2D eigenvalue weighted by Gasteiger charge is -2.40. The highest BCUT2D eigenvalue weighted by Crippen LogP contribution is 2.34. The number of hydrogen-bond donors (Lipinski definition) is 2. The van der Waals surface area contributed by atoms with E-state index in [1.54, 1.807) is 13.3 Å². The van der Waals surface area contributed by atoms with E-state index in [-0.39, 0.29) is 11.5 Å². The first-order chi connectivity index (χ1) is 9.62. The molecule has 6 heteroatoms. The molecule has 0 saturated heterocycles. The predicted octanol–water partition coefficient (Wildman–Crippen LogP) is 0.839. The van der Waals surface area contributed by atoms with Crippen LogP contribution in [0.1, 0.15) is 41.7 Å². The fourth-order valence-electron chi connectivity index (χ4n) is 2.50. The molecule has 1 amide bonds. The molecule has 0 spiro atoms. The van der Waals surface area contributed by atoms with Gasteiger partial charge < -0.3 is 15.8 Å². The van der Waals surface area contributed by atoms with E-state index in [1.807, 2.05) is 11.6 Å². The van der Waals surface area contributed by atoms with Crippen LogP contribution in [0.5, 0.6) is 0 Å². The van der Waals surface area contributed by atoms with Gasteiger partial charge in [0, 0.05) is 25.9 Å². The zero-order chi connectivity index (χ0) is 14.6. The Morgan fingerprint density at radius 2 is 2.35 bits per heavy atom. The quantitative estimate of drug-likeness (QED) is 0.775. The molecular formula is C14H24N4O2. The second-order valence-electron chi connectivity index (χ2n) is 5.43. The van der Waals surface area contributed by atoms with Crippen molar-refractivity contribution >= 4 is 5.91 Å². The Bertz CT molecular complexity index is 460. The zero-order valence-electron chi connectivity index (χ0n) is 12.3. The van der Waals surface area contributed by atoms with Gasteiger partial charge in [-0.15, -0.1) is 0 Å². The van der Waals surface area contributed by atoms with Crippen LogP contribution in [0.2, 0.25) is 0 Å². The van der Waals surface area contributed by atoms with Crippen LogP contribution in [0.3, 0.4) is 0 Å². The second kappa shape index (κ2) is 6.37. The highest BCUT2D eigenvalue weighted by molar-refractivity contribution is 5.95. The minimum Gasteiger partial charge on any atom is -0.376 e. The van der Waals surface area contributed by atoms with Gasteiger partial charge in [-0.05, 0) is 39.2 Å². The minimum atomic E-state index is -0.154. The number of amides is 1. The summed E-state index contributed by atoms with van der Waals surface area (Å²) in [6, 6.07) is 0. The molecule has 3 N–H and O–H groups in total. The van der Waals surface area contributed by atoms with E-state index >= 15 is 0 Å². The fourth-order valence-corrected chi connectivity index (χ4v) is 2.50. The van der Waals surface area contributed by atoms with Crippen molar-refractivity contribution in [3.05, 3.63) is 17.5 Å². The van der Waals surface area contributed by atoms with Gasteiger partial charge in [-0.2, -0.15) is 5.10 Å². The molecule has 20 heavy (non-hydrogen) atoms. The number of methoxy groups -OCH3 is 1. The van der Waals surface area contributed by atoms with Gasteiger partial charge in [-0.3, -0.25) is 9.48 Å². The number of hydrogen-bond acceptors (Lipinski definition) is 4. The lowest BCUT2D eigenvalue weighted by Crippen LogP contribution is -2.49. The number of nitrogens with one attached hydrogen (secondary N) is 1. The smallest absolute Gasteiger partial charge is 0.254 e. The molecule has 1 aliphatic rings. The molecule has 0 aromatic carbocycles. The van der Waals surface area contributed by atoms with Crippen molar-refractivity contribution in [2.24, 2.45) is 5.73 Å². The van der Waals surface area contributed by atoms with E-state index in [1.165, 1.54) is 6.42 Å². The monoisotopic (exact) mass is 280 g/mol. The van der Waals surface area contributed by atoms with E-state index in [9.17, 15) is 4.79 Å². The number of nitrogens with two attached hydrogens (primary N) is 1. The van der Waals surface area contributed by atoms with Gasteiger partial charge in [0.15, 0.2) is 0 Å². The topological polar surface area (TPSA) is 82.2 Å². The lowest BCUT2D eigenvalue weighted by molar-refractivity contribution is -0.0679. The highest BCUT2D eigenvalue weighted by atomic mass is 16.5. The number of aromatic nitrogens is 2. The van der Waals surface area contributed by atoms with Gasteiger partial charge in [0.05, 0.1) is 17.4 Å². The highest BCUT2D eigenvalue weighted by Gasteiger charge is 2.37. The van der Waals surface area contributed by atoms with Crippen molar-refractivity contribution in [2.75, 3.05) is 20.2 Å². The van der Waals surface area contributed by atoms with Gasteiger partial charge in [0.25, 0.3) is 5.91 Å². The molecule has 2 rings (SSSR count). The van der Waals surface area contributed by atoms with Gasteiger partial charge in [0.2, 0.25) is 0 Å². The number of carbonyl (C=O) groups is 1. The van der Waals surface area contributed by atoms with Crippen molar-refractivity contribution < 1.29 is 9.53 Å². The van der Waals surface area contributed by atoms with Crippen molar-refractivity contribution in [2.45, 2.75) is 44.8 Å². The van der Waals surface area contributed by atoms with Crippen LogP contribution in [-0.4, -0.2) is 41.5 Å². The van der Waals surface area contributed by atoms with Crippen LogP contribution in [0, 0.1) is 6.92 Å². The van der Waals surface area contributed by atoms with E-state index in [4.69, 9.17) is 10.5 Å². The van der Waals surface area contributed by atoms with Crippen LogP contribution in [0.4, 0.5) is 0 Å². The molecule has 0 aliphatic heterocycles. The van der Waals surface area contributed by atoms with Crippen molar-refractivity contribution in [3.63, 3.8) is 0 Å². The second-order valence-corrected chi connectivity index (χ2v) is 5.43. The van der Waals surface area contributed by atoms with Crippen LogP contribution in [0.25, 0.3) is 0 Å². The Balaban J connectivity index is 1.93. The Morgan fingerprint density at radius 1 is 1.60 bits per heavy atom. The summed E-state index contributed by atoms with van der Waals surface area (Å²) < 4.78 is 7.33. The molecule has 112 valence electrons. The number of nitrogens with zero attached hydrogens (tertiary/aromatic N) is 2. The fraction of sp³-hybridized carbons (Fsp3) is 0.714. The third kappa shape index (κ3) is 3.02. The Morgan fingerprint density at radius 3 is 2.90 bits per heavy atom. The molecule has 0 unspecified atom stereocenters. The largest absolute Gasteiger partial charge is 0.376 e. The third-order valence-electron chi connectivity index (χ3n) is 4.19. The van der Waals surface area contributed by atoms with Crippen LogP contribution in [0.15, 0.2) is 6.20 Å². The maximum atomic E-state index is 12.2. The first-order valence-electron chi connectivity index (χ1n) is 7.18. The standard InChI is InChI=1S/C14H24N4O2/c1-11-12(9-17-18(11)8-4-7-15)13(19)16-10-14(20-2)5-3-6-14/h9H,3-8,10,15H2,1-2H3,(H,16,19). The average Bonchev–Trinajstić information content (AvgIpc) is 2.77. The zero-order valence-corrected chi connectivity index (χ0v) is 12.3. The lowest BCUT2D eigenvalue weighted by atomic mass is 9.80. The summed E-state index contributed by atoms with van der Waals surface area (Å²) in [4.78, 5) is 12.2. The van der Waals surface area contributed by atoms with Crippen LogP contribution < -0.4 is 11.1 Å². The maximum Gasteiger partial charge on any atom is 0.254 e. The summed E-state index contributed by atoms with van der Waals surface area (Å²) in [6.45, 7) is 3.85. The van der Waals surface area contributed by atoms with Crippen LogP contribution >= 0.6 is 0 Å². The SMILES string of the molecule is COC1(CNC(=O)c2cnn(CCCN)c2C)CCC1. The van der Waals surface area contributed by atoms with E-state index in [2.05, 4.69) is 10.4 Å². The summed E-state index contributed by atoms with van der Waals surface area (Å²) in [6.07, 6.45) is 5.68. The van der Waals surface area contributed by atoms with E-state index in [0.717, 1.165) is 31.5 Å². The maximum absolute atomic E-state index is 12.2. The molecule has 1 aliphatic carbocycles. The Labute approximate surface area is 119 Å². The molecule has 1 saturated carbocycles. The van der Waals surface area contributed by atoms with E-state index < -0.39 is 0 Å². The molecule has 0 atom stereocenters. The summed E-state index contributed by atoms with van der Waals surface area (Å²) >= 11 is 0. The van der Waals surface area contributed by atoms with Gasteiger partial charge >= 0.3 is 0 Å². The summed E-state index contributed by atoms with van der Waals surface area (Å²) in [5.74, 6) is -0.0789. The Kier molecular flexibility index (Phi) is 4.77. The average molecular weight is 280 g/mol. The molecule has 1 aromatic heterocycles. The summed E-state index contributed by atoms with van der Waals surface area (Å²) in [5, 5.41) is 7.20. The summed E-state index contributed by atoms with van der Waals surface area (Å²) in [5.41, 5.74) is 6.85. The molecule has 6 nitrogen and oxygen atoms in total. The number of carbonyl (C=O) groups excluding carboxylic acids is 1. The normalized spacial score (nSPS) is 16.8. The van der Waals surface area contributed by atoms with Crippen molar-refractivity contribution in [1.29, 1.82) is 0 Å².